The average molecular weight is 838 g/mol. The molecule has 0 unspecified atom stereocenters. The number of ether oxygens (including phenoxy) is 2. The van der Waals surface area contributed by atoms with Gasteiger partial charge < -0.3 is 25.4 Å². The molecule has 2 aromatic heterocycles. The standard InChI is InChI=1S/C38H48N6O7S2.2ClH/c1-21(2)29-20-52-35(41-29)28-17-32(26-14-15-31(50-4)22(3)33(26)40-28)51-24-16-30-34(45)42-38(37(47)43-53(48,49)25-12-13-25)18-23(38)10-8-6-5-7-9-11-27(39)36(46)44(30)19-24;;/h8,10,14-15,17,20-21,23-25,27,30H,5-7,9,11-13,16,18-19,39H2,1-4H3,(H,42,45)(H,43,47);2*1H/t23-,24-,27+,30+,38-;;/m1../s1. The molecule has 0 radical (unpaired) electrons. The number of benzene rings is 1. The van der Waals surface area contributed by atoms with Gasteiger partial charge in [0, 0.05) is 34.7 Å². The van der Waals surface area contributed by atoms with Crippen molar-refractivity contribution in [3.63, 3.8) is 0 Å². The van der Waals surface area contributed by atoms with Crippen molar-refractivity contribution in [2.75, 3.05) is 13.7 Å². The number of aryl methyl sites for hydroxylation is 1. The number of nitrogens with two attached hydrogens (primary N) is 1. The fourth-order valence-corrected chi connectivity index (χ4v) is 9.70. The summed E-state index contributed by atoms with van der Waals surface area (Å²) in [7, 11) is -2.24. The highest BCUT2D eigenvalue weighted by Gasteiger charge is 2.62. The first kappa shape index (κ1) is 42.6. The van der Waals surface area contributed by atoms with E-state index >= 15 is 0 Å². The highest BCUT2D eigenvalue weighted by molar-refractivity contribution is 7.91. The molecule has 4 aliphatic rings. The number of rotatable bonds is 8. The molecule has 3 amide bonds. The lowest BCUT2D eigenvalue weighted by Crippen LogP contribution is -2.57. The van der Waals surface area contributed by atoms with Gasteiger partial charge in [-0.1, -0.05) is 38.8 Å². The Labute approximate surface area is 338 Å². The van der Waals surface area contributed by atoms with Crippen LogP contribution in [0.1, 0.15) is 88.8 Å². The van der Waals surface area contributed by atoms with E-state index in [1.807, 2.05) is 42.7 Å². The number of hydrogen-bond donors (Lipinski definition) is 3. The molecule has 1 saturated heterocycles. The summed E-state index contributed by atoms with van der Waals surface area (Å²) in [5, 5.41) is 5.82. The van der Waals surface area contributed by atoms with Gasteiger partial charge in [0.05, 0.1) is 36.2 Å². The van der Waals surface area contributed by atoms with Gasteiger partial charge in [0.25, 0.3) is 5.91 Å². The van der Waals surface area contributed by atoms with E-state index in [0.717, 1.165) is 47.3 Å². The summed E-state index contributed by atoms with van der Waals surface area (Å²) in [6.45, 7) is 6.19. The summed E-state index contributed by atoms with van der Waals surface area (Å²) < 4.78 is 40.2. The number of halogens is 2. The lowest BCUT2D eigenvalue weighted by molar-refractivity contribution is -0.140. The van der Waals surface area contributed by atoms with E-state index in [-0.39, 0.29) is 61.9 Å². The lowest BCUT2D eigenvalue weighted by atomic mass is 10.1. The van der Waals surface area contributed by atoms with E-state index in [4.69, 9.17) is 25.2 Å². The molecule has 2 saturated carbocycles. The molecule has 2 aliphatic heterocycles. The van der Waals surface area contributed by atoms with Crippen LogP contribution in [0.3, 0.4) is 0 Å². The molecular weight excluding hydrogens is 787 g/mol. The first-order valence-corrected chi connectivity index (χ1v) is 21.0. The number of thiazole rings is 1. The van der Waals surface area contributed by atoms with Crippen molar-refractivity contribution < 1.29 is 32.3 Å². The Balaban J connectivity index is 0.00000290. The highest BCUT2D eigenvalue weighted by Crippen LogP contribution is 2.46. The largest absolute Gasteiger partial charge is 0.496 e. The number of nitrogens with zero attached hydrogens (tertiary/aromatic N) is 3. The zero-order valence-corrected chi connectivity index (χ0v) is 34.7. The first-order valence-electron chi connectivity index (χ1n) is 18.5. The second-order valence-electron chi connectivity index (χ2n) is 15.1. The van der Waals surface area contributed by atoms with Crippen LogP contribution >= 0.6 is 36.2 Å². The van der Waals surface area contributed by atoms with Crippen molar-refractivity contribution in [3.05, 3.63) is 47.0 Å². The van der Waals surface area contributed by atoms with Gasteiger partial charge in [0.1, 0.15) is 39.9 Å². The molecular formula is C38H50Cl2N6O7S2. The number of carbonyl (C=O) groups is 3. The van der Waals surface area contributed by atoms with Crippen molar-refractivity contribution in [1.29, 1.82) is 0 Å². The zero-order chi connectivity index (χ0) is 37.7. The van der Waals surface area contributed by atoms with Crippen LogP contribution in [0.2, 0.25) is 0 Å². The minimum absolute atomic E-state index is 0. The normalized spacial score (nSPS) is 25.7. The second kappa shape index (κ2) is 16.9. The van der Waals surface area contributed by atoms with Gasteiger partial charge in [-0.25, -0.2) is 18.4 Å². The SMILES string of the molecule is COc1ccc2c(O[C@@H]3C[C@H]4C(=O)N[C@]5(C(=O)NS(=O)(=O)C6CC6)C[C@H]5C=CCCCCC[C@H](N)C(=O)N4C3)cc(-c3nc(C(C)C)cs3)nc2c1C.Cl.Cl. The summed E-state index contributed by atoms with van der Waals surface area (Å²) in [6, 6.07) is 3.77. The summed E-state index contributed by atoms with van der Waals surface area (Å²) in [5.41, 5.74) is 8.13. The summed E-state index contributed by atoms with van der Waals surface area (Å²) in [6.07, 6.45) is 8.38. The number of allylic oxidation sites excluding steroid dienone is 1. The number of sulfonamides is 1. The Morgan fingerprint density at radius 1 is 1.11 bits per heavy atom. The van der Waals surface area contributed by atoms with E-state index < -0.39 is 50.8 Å². The number of carbonyl (C=O) groups excluding carboxylic acids is 3. The Hall–Kier alpha value is -3.50. The summed E-state index contributed by atoms with van der Waals surface area (Å²) in [4.78, 5) is 53.2. The van der Waals surface area contributed by atoms with E-state index in [0.29, 0.717) is 42.0 Å². The maximum Gasteiger partial charge on any atom is 0.259 e. The molecule has 0 bridgehead atoms. The number of amides is 3. The smallest absolute Gasteiger partial charge is 0.259 e. The molecule has 7 rings (SSSR count). The van der Waals surface area contributed by atoms with Crippen molar-refractivity contribution in [1.82, 2.24) is 24.9 Å². The Bertz CT molecular complexity index is 2070. The van der Waals surface area contributed by atoms with Crippen molar-refractivity contribution in [2.45, 2.75) is 113 Å². The van der Waals surface area contributed by atoms with E-state index in [9.17, 15) is 22.8 Å². The van der Waals surface area contributed by atoms with Crippen LogP contribution in [0.25, 0.3) is 21.6 Å². The molecule has 4 N–H and O–H groups in total. The van der Waals surface area contributed by atoms with Gasteiger partial charge in [-0.2, -0.15) is 0 Å². The average Bonchev–Trinajstić information content (AvgIpc) is 4.00. The molecule has 4 heterocycles. The van der Waals surface area contributed by atoms with Gasteiger partial charge in [-0.3, -0.25) is 19.1 Å². The molecule has 2 aliphatic carbocycles. The number of methoxy groups -OCH3 is 1. The van der Waals surface area contributed by atoms with Crippen LogP contribution in [0.15, 0.2) is 35.7 Å². The highest BCUT2D eigenvalue weighted by atomic mass is 35.5. The Morgan fingerprint density at radius 2 is 1.87 bits per heavy atom. The van der Waals surface area contributed by atoms with Crippen LogP contribution in [-0.4, -0.2) is 83.6 Å². The molecule has 17 heteroatoms. The second-order valence-corrected chi connectivity index (χ2v) is 17.9. The maximum atomic E-state index is 14.3. The lowest BCUT2D eigenvalue weighted by Gasteiger charge is -2.28. The zero-order valence-electron chi connectivity index (χ0n) is 31.4. The summed E-state index contributed by atoms with van der Waals surface area (Å²) >= 11 is 1.50. The van der Waals surface area contributed by atoms with Crippen LogP contribution < -0.4 is 25.2 Å². The third-order valence-electron chi connectivity index (χ3n) is 10.9. The predicted octanol–water partition coefficient (Wildman–Crippen LogP) is 5.32. The maximum absolute atomic E-state index is 14.3. The number of hydrogen-bond acceptors (Lipinski definition) is 11. The number of nitrogens with one attached hydrogen (secondary N) is 2. The van der Waals surface area contributed by atoms with Gasteiger partial charge in [-0.05, 0) is 63.5 Å². The van der Waals surface area contributed by atoms with Crippen LogP contribution in [-0.2, 0) is 24.4 Å². The molecule has 1 aromatic carbocycles. The molecule has 3 fully saturated rings. The van der Waals surface area contributed by atoms with Gasteiger partial charge >= 0.3 is 0 Å². The van der Waals surface area contributed by atoms with Gasteiger partial charge in [0.15, 0.2) is 0 Å². The molecule has 13 nitrogen and oxygen atoms in total. The summed E-state index contributed by atoms with van der Waals surface area (Å²) in [5.74, 6) is -0.601. The quantitative estimate of drug-likeness (QED) is 0.251. The van der Waals surface area contributed by atoms with E-state index in [1.165, 1.54) is 16.2 Å². The first-order chi connectivity index (χ1) is 25.3. The molecule has 0 spiro atoms. The van der Waals surface area contributed by atoms with Crippen LogP contribution in [0.5, 0.6) is 11.5 Å². The Kier molecular flexibility index (Phi) is 13.1. The fourth-order valence-electron chi connectivity index (χ4n) is 7.40. The van der Waals surface area contributed by atoms with Crippen LogP contribution in [0, 0.1) is 12.8 Å². The van der Waals surface area contributed by atoms with Crippen molar-refractivity contribution in [3.8, 4) is 22.2 Å². The van der Waals surface area contributed by atoms with E-state index in [2.05, 4.69) is 23.9 Å². The van der Waals surface area contributed by atoms with Crippen LogP contribution in [0.4, 0.5) is 0 Å². The van der Waals surface area contributed by atoms with Gasteiger partial charge in [-0.15, -0.1) is 36.2 Å². The molecule has 5 atom stereocenters. The molecule has 300 valence electrons. The van der Waals surface area contributed by atoms with Crippen molar-refractivity contribution >= 4 is 74.8 Å². The topological polar surface area (TPSA) is 183 Å². The number of fused-ring (bicyclic) bond motifs is 3. The predicted molar refractivity (Wildman–Crippen MR) is 217 cm³/mol. The molecule has 3 aromatic rings. The Morgan fingerprint density at radius 3 is 2.56 bits per heavy atom. The third kappa shape index (κ3) is 8.75. The minimum atomic E-state index is -3.85. The number of pyridine rings is 1. The fraction of sp³-hybridized carbons (Fsp3) is 0.553. The monoisotopic (exact) mass is 836 g/mol. The number of aromatic nitrogens is 2. The van der Waals surface area contributed by atoms with Crippen molar-refractivity contribution in [2.24, 2.45) is 11.7 Å². The minimum Gasteiger partial charge on any atom is -0.496 e. The van der Waals surface area contributed by atoms with E-state index in [1.54, 1.807) is 7.11 Å². The third-order valence-corrected chi connectivity index (χ3v) is 13.6. The van der Waals surface area contributed by atoms with Gasteiger partial charge in [0.2, 0.25) is 21.8 Å². The molecule has 55 heavy (non-hydrogen) atoms.